The van der Waals surface area contributed by atoms with Gasteiger partial charge in [-0.25, -0.2) is 10.2 Å². The first-order valence-electron chi connectivity index (χ1n) is 4.23. The van der Waals surface area contributed by atoms with Gasteiger partial charge in [-0.2, -0.15) is 5.10 Å². The number of methoxy groups -OCH3 is 1. The summed E-state index contributed by atoms with van der Waals surface area (Å²) in [5.41, 5.74) is 7.02. The van der Waals surface area contributed by atoms with E-state index in [1.54, 1.807) is 0 Å². The van der Waals surface area contributed by atoms with Crippen molar-refractivity contribution in [3.05, 3.63) is 17.7 Å². The molecular weight excluding hydrogens is 214 g/mol. The molecule has 0 saturated carbocycles. The maximum atomic E-state index is 10.3. The van der Waals surface area contributed by atoms with E-state index >= 15 is 0 Å². The molecule has 0 unspecified atom stereocenters. The van der Waals surface area contributed by atoms with Gasteiger partial charge in [-0.1, -0.05) is 0 Å². The van der Waals surface area contributed by atoms with Crippen molar-refractivity contribution in [2.45, 2.75) is 0 Å². The Kier molecular flexibility index (Phi) is 3.54. The molecule has 5 N–H and O–H groups in total. The Hall–Kier alpha value is -2.44. The summed E-state index contributed by atoms with van der Waals surface area (Å²) in [6.45, 7) is 0. The molecule has 0 radical (unpaired) electrons. The molecule has 0 aliphatic carbocycles. The smallest absolute Gasteiger partial charge is 0.332 e. The summed E-state index contributed by atoms with van der Waals surface area (Å²) in [5.74, 6) is -0.216. The third-order valence-corrected chi connectivity index (χ3v) is 1.71. The molecular formula is C9H11N3O4. The van der Waals surface area contributed by atoms with E-state index in [9.17, 15) is 15.0 Å². The first-order valence-corrected chi connectivity index (χ1v) is 4.23. The first-order chi connectivity index (χ1) is 7.54. The third-order valence-electron chi connectivity index (χ3n) is 1.71. The van der Waals surface area contributed by atoms with Gasteiger partial charge < -0.3 is 20.7 Å². The minimum Gasteiger partial charge on any atom is -0.507 e. The van der Waals surface area contributed by atoms with E-state index in [-0.39, 0.29) is 22.8 Å². The van der Waals surface area contributed by atoms with Crippen LogP contribution in [0.5, 0.6) is 17.2 Å². The van der Waals surface area contributed by atoms with Crippen molar-refractivity contribution in [3.8, 4) is 17.2 Å². The molecule has 0 heterocycles. The van der Waals surface area contributed by atoms with Crippen LogP contribution in [0.15, 0.2) is 17.2 Å². The summed E-state index contributed by atoms with van der Waals surface area (Å²) >= 11 is 0. The molecule has 0 aliphatic heterocycles. The normalized spacial score (nSPS) is 10.3. The summed E-state index contributed by atoms with van der Waals surface area (Å²) in [4.78, 5) is 10.3. The Balaban J connectivity index is 2.95. The predicted molar refractivity (Wildman–Crippen MR) is 56.6 cm³/mol. The van der Waals surface area contributed by atoms with Crippen molar-refractivity contribution in [1.29, 1.82) is 0 Å². The summed E-state index contributed by atoms with van der Waals surface area (Å²) in [6, 6.07) is 1.64. The number of amides is 2. The van der Waals surface area contributed by atoms with Crippen LogP contribution in [0.25, 0.3) is 0 Å². The Morgan fingerprint density at radius 1 is 1.50 bits per heavy atom. The molecule has 0 spiro atoms. The van der Waals surface area contributed by atoms with Crippen LogP contribution in [0.1, 0.15) is 5.56 Å². The number of phenols is 2. The number of hydrogen-bond acceptors (Lipinski definition) is 5. The average Bonchev–Trinajstić information content (AvgIpc) is 2.20. The minimum atomic E-state index is -0.818. The summed E-state index contributed by atoms with van der Waals surface area (Å²) < 4.78 is 4.83. The molecule has 2 amide bonds. The molecule has 1 rings (SSSR count). The largest absolute Gasteiger partial charge is 0.507 e. The van der Waals surface area contributed by atoms with Crippen LogP contribution in [0, 0.1) is 0 Å². The highest BCUT2D eigenvalue weighted by Crippen LogP contribution is 2.31. The highest BCUT2D eigenvalue weighted by atomic mass is 16.5. The highest BCUT2D eigenvalue weighted by Gasteiger charge is 2.07. The lowest BCUT2D eigenvalue weighted by atomic mass is 10.2. The lowest BCUT2D eigenvalue weighted by Crippen LogP contribution is -2.24. The molecule has 0 aliphatic rings. The number of nitrogens with one attached hydrogen (secondary N) is 1. The van der Waals surface area contributed by atoms with Gasteiger partial charge in [0, 0.05) is 11.6 Å². The summed E-state index contributed by atoms with van der Waals surface area (Å²) in [6.07, 6.45) is 1.17. The number of aromatic hydroxyl groups is 2. The molecule has 0 atom stereocenters. The van der Waals surface area contributed by atoms with Crippen molar-refractivity contribution >= 4 is 12.2 Å². The Bertz CT molecular complexity index is 431. The third kappa shape index (κ3) is 2.77. The molecule has 0 saturated heterocycles. The van der Waals surface area contributed by atoms with Crippen LogP contribution >= 0.6 is 0 Å². The van der Waals surface area contributed by atoms with Gasteiger partial charge in [0.05, 0.1) is 13.3 Å². The number of hydrazone groups is 1. The van der Waals surface area contributed by atoms with Crippen molar-refractivity contribution in [1.82, 2.24) is 5.43 Å². The molecule has 7 nitrogen and oxygen atoms in total. The maximum absolute atomic E-state index is 10.3. The zero-order chi connectivity index (χ0) is 12.1. The van der Waals surface area contributed by atoms with Crippen LogP contribution in [0.3, 0.4) is 0 Å². The van der Waals surface area contributed by atoms with Gasteiger partial charge in [0.25, 0.3) is 0 Å². The van der Waals surface area contributed by atoms with E-state index in [0.29, 0.717) is 0 Å². The number of phenolic OH excluding ortho intramolecular Hbond substituents is 2. The molecule has 7 heteroatoms. The maximum Gasteiger partial charge on any atom is 0.332 e. The van der Waals surface area contributed by atoms with Crippen molar-refractivity contribution < 1.29 is 19.7 Å². The number of carbonyl (C=O) groups excluding carboxylic acids is 1. The van der Waals surface area contributed by atoms with Gasteiger partial charge in [-0.3, -0.25) is 0 Å². The molecule has 0 bridgehead atoms. The lowest BCUT2D eigenvalue weighted by molar-refractivity contribution is 0.249. The number of primary amides is 1. The van der Waals surface area contributed by atoms with Gasteiger partial charge in [-0.05, 0) is 6.07 Å². The number of urea groups is 1. The number of ether oxygens (including phenoxy) is 1. The topological polar surface area (TPSA) is 117 Å². The molecule has 86 valence electrons. The van der Waals surface area contributed by atoms with Gasteiger partial charge in [0.1, 0.15) is 5.75 Å². The van der Waals surface area contributed by atoms with Crippen LogP contribution in [-0.2, 0) is 0 Å². The molecule has 1 aromatic carbocycles. The number of carbonyl (C=O) groups is 1. The summed E-state index contributed by atoms with van der Waals surface area (Å²) in [5, 5.41) is 22.2. The van der Waals surface area contributed by atoms with Crippen LogP contribution < -0.4 is 15.9 Å². The second-order valence-corrected chi connectivity index (χ2v) is 2.82. The van der Waals surface area contributed by atoms with Crippen molar-refractivity contribution in [2.24, 2.45) is 10.8 Å². The number of benzene rings is 1. The molecule has 0 aromatic heterocycles. The number of rotatable bonds is 3. The predicted octanol–water partition coefficient (Wildman–Crippen LogP) is 0.109. The van der Waals surface area contributed by atoms with Crippen LogP contribution in [0.2, 0.25) is 0 Å². The van der Waals surface area contributed by atoms with E-state index in [2.05, 4.69) is 5.10 Å². The monoisotopic (exact) mass is 225 g/mol. The lowest BCUT2D eigenvalue weighted by Gasteiger charge is -2.05. The quantitative estimate of drug-likeness (QED) is 0.431. The standard InChI is InChI=1S/C9H11N3O4/c1-16-8-2-5(4-11-12-9(10)15)6(13)3-7(8)14/h2-4,13-14H,1H3,(H3,10,12,15). The van der Waals surface area contributed by atoms with Gasteiger partial charge in [0.15, 0.2) is 11.5 Å². The first kappa shape index (κ1) is 11.6. The second-order valence-electron chi connectivity index (χ2n) is 2.82. The second kappa shape index (κ2) is 4.87. The zero-order valence-electron chi connectivity index (χ0n) is 8.47. The average molecular weight is 225 g/mol. The Morgan fingerprint density at radius 2 is 2.19 bits per heavy atom. The molecule has 16 heavy (non-hydrogen) atoms. The Labute approximate surface area is 91.1 Å². The molecule has 0 fully saturated rings. The fourth-order valence-electron chi connectivity index (χ4n) is 1.01. The number of hydrogen-bond donors (Lipinski definition) is 4. The van der Waals surface area contributed by atoms with Crippen LogP contribution in [0.4, 0.5) is 4.79 Å². The zero-order valence-corrected chi connectivity index (χ0v) is 8.47. The Morgan fingerprint density at radius 3 is 2.75 bits per heavy atom. The van der Waals surface area contributed by atoms with E-state index in [1.807, 2.05) is 5.43 Å². The van der Waals surface area contributed by atoms with E-state index in [1.165, 1.54) is 19.4 Å². The van der Waals surface area contributed by atoms with E-state index in [0.717, 1.165) is 6.07 Å². The summed E-state index contributed by atoms with van der Waals surface area (Å²) in [7, 11) is 1.37. The SMILES string of the molecule is COc1cc(C=NNC(N)=O)c(O)cc1O. The number of nitrogens with two attached hydrogens (primary N) is 1. The van der Waals surface area contributed by atoms with Crippen molar-refractivity contribution in [2.75, 3.05) is 7.11 Å². The fourth-order valence-corrected chi connectivity index (χ4v) is 1.01. The van der Waals surface area contributed by atoms with E-state index in [4.69, 9.17) is 10.5 Å². The van der Waals surface area contributed by atoms with Crippen LogP contribution in [-0.4, -0.2) is 29.6 Å². The van der Waals surface area contributed by atoms with Gasteiger partial charge in [0.2, 0.25) is 0 Å². The number of nitrogens with zero attached hydrogens (tertiary/aromatic N) is 1. The van der Waals surface area contributed by atoms with Gasteiger partial charge in [-0.15, -0.1) is 0 Å². The minimum absolute atomic E-state index is 0.179. The molecule has 1 aromatic rings. The fraction of sp³-hybridized carbons (Fsp3) is 0.111. The van der Waals surface area contributed by atoms with Gasteiger partial charge >= 0.3 is 6.03 Å². The highest BCUT2D eigenvalue weighted by molar-refractivity contribution is 5.85. The van der Waals surface area contributed by atoms with Crippen molar-refractivity contribution in [3.63, 3.8) is 0 Å². The van der Waals surface area contributed by atoms with E-state index < -0.39 is 6.03 Å².